The van der Waals surface area contributed by atoms with Crippen LogP contribution in [0.5, 0.6) is 0 Å². The van der Waals surface area contributed by atoms with Crippen LogP contribution in [0.3, 0.4) is 0 Å². The molecule has 48 heteroatoms. The molecular formula is C94H136N22O23S3. The highest BCUT2D eigenvalue weighted by molar-refractivity contribution is 7.98. The van der Waals surface area contributed by atoms with Crippen molar-refractivity contribution in [3.8, 4) is 0 Å². The van der Waals surface area contributed by atoms with Gasteiger partial charge in [0.2, 0.25) is 100 Å². The summed E-state index contributed by atoms with van der Waals surface area (Å²) in [6, 6.07) is -4.17. The summed E-state index contributed by atoms with van der Waals surface area (Å²) >= 11 is 9.84. The van der Waals surface area contributed by atoms with E-state index in [9.17, 15) is 96.8 Å². The Morgan fingerprint density at radius 1 is 0.366 bits per heavy atom. The standard InChI is InChI=1S/C94H136N22O23S3/c1-11-49(8)78(93(137)112-70(94(138)139)35-47(4)5)116-89(133)69(40-74(98)118)111-91(135)71(44-140)113-79(123)50(9)102-85(129)66(36-51-41-99-58-23-15-12-20-54(51)58)109-82(126)62(27-29-73(97)117)104-84(128)64(31-33-142-10)106-81(125)61(26-18-19-32-95)103-86(130)65(34-46(2)3)108-87(131)67(37-52-42-100-59-24-16-13-21-55(52)59)110-83(127)63(28-30-75(119)120)105-90(134)72(45-141)114-92(136)77(48(6)7)115-88(132)68(107-80(124)57(96)39-76(121)122)38-53-43-101-60-25-17-14-22-56(53)60/h12-17,20-25,41-43,46-50,57,61-72,77-78,99-101,140-141H,11,18-19,26-40,44-45,95-96H2,1-10H3,(H2,97,117)(H2,98,118)(H,102,129)(H,103,130)(H,104,128)(H,105,134)(H,106,125)(H,107,124)(H,108,131)(H,109,126)(H,110,127)(H,111,135)(H,112,137)(H,113,123)(H,114,136)(H,115,132)(H,116,133)(H,119,120)(H,121,122)(H,138,139)/t49-,50-,57-,61-,62-,63-,64-,65-,66-,67-,68-,69-,70-,71-,72-,77-,78-/m0/s1. The van der Waals surface area contributed by atoms with Crippen LogP contribution in [-0.4, -0.2) is 275 Å². The predicted molar refractivity (Wildman–Crippen MR) is 534 cm³/mol. The van der Waals surface area contributed by atoms with Crippen molar-refractivity contribution in [1.82, 2.24) is 94.7 Å². The molecule has 6 aromatic rings. The van der Waals surface area contributed by atoms with E-state index in [1.165, 1.54) is 18.7 Å². The molecule has 45 nitrogen and oxygen atoms in total. The fourth-order valence-electron chi connectivity index (χ4n) is 15.4. The van der Waals surface area contributed by atoms with Gasteiger partial charge in [-0.05, 0) is 135 Å². The smallest absolute Gasteiger partial charge is 0.326 e. The highest BCUT2D eigenvalue weighted by Crippen LogP contribution is 2.25. The second kappa shape index (κ2) is 58.1. The number of carboxylic acids is 3. The number of aromatic nitrogens is 3. The molecule has 3 aromatic carbocycles. The van der Waals surface area contributed by atoms with E-state index in [1.54, 1.807) is 153 Å². The Balaban J connectivity index is 1.23. The summed E-state index contributed by atoms with van der Waals surface area (Å²) in [4.78, 5) is 288. The first-order chi connectivity index (χ1) is 67.2. The van der Waals surface area contributed by atoms with Crippen LogP contribution in [0.2, 0.25) is 0 Å². The van der Waals surface area contributed by atoms with Gasteiger partial charge in [-0.3, -0.25) is 91.1 Å². The van der Waals surface area contributed by atoms with Crippen molar-refractivity contribution in [2.24, 2.45) is 46.6 Å². The lowest BCUT2D eigenvalue weighted by Gasteiger charge is -2.29. The SMILES string of the molecule is CC[C@H](C)[C@H](NC(=O)[C@H](CC(N)=O)NC(=O)[C@H](CS)NC(=O)[C@H](C)NC(=O)[C@H](Cc1c[nH]c2ccccc12)NC(=O)[C@H](CCC(N)=O)NC(=O)[C@H](CCSC)NC(=O)[C@H](CCCCN)NC(=O)[C@H](CC(C)C)NC(=O)[C@H](Cc1c[nH]c2ccccc12)NC(=O)[C@H](CCC(=O)O)NC(=O)[C@H](CS)NC(=O)[C@@H](NC(=O)[C@H](Cc1c[nH]c2ccccc12)NC(=O)[C@@H](N)CC(=O)O)C(C)C)C(=O)N[C@@H](CC(C)C)C(=O)O. The van der Waals surface area contributed by atoms with Gasteiger partial charge in [-0.2, -0.15) is 37.0 Å². The number of unbranched alkanes of at least 4 members (excludes halogenated alkanes) is 1. The third-order valence-electron chi connectivity index (χ3n) is 23.5. The molecule has 142 heavy (non-hydrogen) atoms. The van der Waals surface area contributed by atoms with Crippen LogP contribution in [0.15, 0.2) is 91.4 Å². The molecule has 17 amide bonds. The topological polar surface area (TPSA) is 734 Å². The number of H-pyrrole nitrogens is 3. The fraction of sp³-hybridized carbons (Fsp3) is 0.532. The average Bonchev–Trinajstić information content (AvgIpc) is 1.66. The number of aliphatic carboxylic acids is 3. The van der Waals surface area contributed by atoms with E-state index in [0.717, 1.165) is 0 Å². The minimum atomic E-state index is -1.78. The Kier molecular flexibility index (Phi) is 48.1. The molecule has 29 N–H and O–H groups in total. The van der Waals surface area contributed by atoms with Crippen molar-refractivity contribution in [3.63, 3.8) is 0 Å². The number of thiol groups is 2. The lowest BCUT2D eigenvalue weighted by Crippen LogP contribution is -2.62. The highest BCUT2D eigenvalue weighted by atomic mass is 32.2. The van der Waals surface area contributed by atoms with Gasteiger partial charge in [0, 0.05) is 94.9 Å². The van der Waals surface area contributed by atoms with Crippen LogP contribution < -0.4 is 103 Å². The molecule has 0 aliphatic carbocycles. The number of aromatic amines is 3. The third kappa shape index (κ3) is 37.3. The Labute approximate surface area is 835 Å². The molecule has 0 fully saturated rings. The Bertz CT molecular complexity index is 5420. The van der Waals surface area contributed by atoms with Gasteiger partial charge in [-0.1, -0.05) is 116 Å². The summed E-state index contributed by atoms with van der Waals surface area (Å²) in [7, 11) is 0. The molecule has 0 aliphatic heterocycles. The Morgan fingerprint density at radius 3 is 1.12 bits per heavy atom. The molecule has 0 bridgehead atoms. The summed E-state index contributed by atoms with van der Waals surface area (Å²) in [5.74, 6) is -23.8. The average molecular weight is 2040 g/mol. The molecule has 0 saturated carbocycles. The van der Waals surface area contributed by atoms with Crippen LogP contribution >= 0.6 is 37.0 Å². The largest absolute Gasteiger partial charge is 0.481 e. The lowest BCUT2D eigenvalue weighted by atomic mass is 9.96. The van der Waals surface area contributed by atoms with Crippen molar-refractivity contribution in [1.29, 1.82) is 0 Å². The second-order valence-electron chi connectivity index (χ2n) is 36.1. The van der Waals surface area contributed by atoms with Gasteiger partial charge in [0.15, 0.2) is 0 Å². The lowest BCUT2D eigenvalue weighted by molar-refractivity contribution is -0.143. The normalized spacial score (nSPS) is 15.0. The number of hydrogen-bond acceptors (Lipinski definition) is 25. The molecule has 0 saturated heterocycles. The molecule has 3 aromatic heterocycles. The monoisotopic (exact) mass is 2040 g/mol. The van der Waals surface area contributed by atoms with E-state index in [0.29, 0.717) is 62.2 Å². The number of carbonyl (C=O) groups is 20. The van der Waals surface area contributed by atoms with Crippen LogP contribution in [0.1, 0.15) is 162 Å². The van der Waals surface area contributed by atoms with Crippen LogP contribution in [-0.2, 0) is 115 Å². The second-order valence-corrected chi connectivity index (χ2v) is 37.8. The van der Waals surface area contributed by atoms with E-state index in [1.807, 2.05) is 0 Å². The van der Waals surface area contributed by atoms with Crippen LogP contribution in [0, 0.1) is 23.7 Å². The van der Waals surface area contributed by atoms with E-state index in [4.69, 9.17) is 22.9 Å². The number of hydrogen-bond donors (Lipinski definition) is 27. The van der Waals surface area contributed by atoms with Gasteiger partial charge >= 0.3 is 17.9 Å². The number of thioether (sulfide) groups is 1. The molecule has 17 atom stereocenters. The highest BCUT2D eigenvalue weighted by Gasteiger charge is 2.41. The maximum atomic E-state index is 15.3. The number of carbonyl (C=O) groups excluding carboxylic acids is 17. The molecule has 3 heterocycles. The number of para-hydroxylation sites is 3. The molecule has 0 radical (unpaired) electrons. The number of amides is 17. The number of carboxylic acid groups (broad SMARTS) is 3. The van der Waals surface area contributed by atoms with Crippen molar-refractivity contribution >= 4 is 188 Å². The van der Waals surface area contributed by atoms with E-state index in [2.05, 4.69) is 120 Å². The van der Waals surface area contributed by atoms with Gasteiger partial charge in [0.25, 0.3) is 0 Å². The van der Waals surface area contributed by atoms with Gasteiger partial charge in [-0.25, -0.2) is 4.79 Å². The number of nitrogens with two attached hydrogens (primary N) is 4. The van der Waals surface area contributed by atoms with E-state index >= 15 is 14.4 Å². The fourth-order valence-corrected chi connectivity index (χ4v) is 16.4. The van der Waals surface area contributed by atoms with Crippen LogP contribution in [0.4, 0.5) is 0 Å². The summed E-state index contributed by atoms with van der Waals surface area (Å²) < 4.78 is 0. The van der Waals surface area contributed by atoms with Crippen molar-refractivity contribution < 1.29 is 111 Å². The number of rotatable bonds is 63. The van der Waals surface area contributed by atoms with Gasteiger partial charge in [0.1, 0.15) is 90.6 Å². The maximum absolute atomic E-state index is 15.3. The van der Waals surface area contributed by atoms with Gasteiger partial charge in [-0.15, -0.1) is 0 Å². The molecule has 0 spiro atoms. The number of benzene rings is 3. The van der Waals surface area contributed by atoms with E-state index < -0.39 is 283 Å². The molecule has 0 aliphatic rings. The zero-order valence-corrected chi connectivity index (χ0v) is 83.6. The van der Waals surface area contributed by atoms with Crippen molar-refractivity contribution in [3.05, 3.63) is 108 Å². The van der Waals surface area contributed by atoms with Gasteiger partial charge < -0.3 is 133 Å². The quantitative estimate of drug-likeness (QED) is 0.0159. The van der Waals surface area contributed by atoms with Crippen LogP contribution in [0.25, 0.3) is 32.7 Å². The zero-order chi connectivity index (χ0) is 105. The first kappa shape index (κ1) is 117. The van der Waals surface area contributed by atoms with Gasteiger partial charge in [0.05, 0.1) is 18.9 Å². The summed E-state index contributed by atoms with van der Waals surface area (Å²) in [5, 5.41) is 69.6. The Hall–Kier alpha value is -13.3. The summed E-state index contributed by atoms with van der Waals surface area (Å²) in [6.07, 6.45) is 2.15. The zero-order valence-electron chi connectivity index (χ0n) is 81.0. The summed E-state index contributed by atoms with van der Waals surface area (Å²) in [5.41, 5.74) is 26.4. The first-order valence-corrected chi connectivity index (χ1v) is 49.5. The molecular weight excluding hydrogens is 1900 g/mol. The summed E-state index contributed by atoms with van der Waals surface area (Å²) in [6.45, 7) is 14.7. The predicted octanol–water partition coefficient (Wildman–Crippen LogP) is -1.12. The Morgan fingerprint density at radius 2 is 0.711 bits per heavy atom. The minimum Gasteiger partial charge on any atom is -0.481 e. The molecule has 0 unspecified atom stereocenters. The maximum Gasteiger partial charge on any atom is 0.326 e. The van der Waals surface area contributed by atoms with E-state index in [-0.39, 0.29) is 69.6 Å². The minimum absolute atomic E-state index is 0.0489. The van der Waals surface area contributed by atoms with Crippen molar-refractivity contribution in [2.75, 3.05) is 30.1 Å². The molecule has 6 rings (SSSR count). The first-order valence-electron chi connectivity index (χ1n) is 46.8. The number of nitrogens with one attached hydrogen (secondary N) is 18. The van der Waals surface area contributed by atoms with Crippen molar-refractivity contribution in [2.45, 2.75) is 262 Å². The number of primary amides is 2. The third-order valence-corrected chi connectivity index (χ3v) is 24.8. The molecule has 778 valence electrons. The number of fused-ring (bicyclic) bond motifs is 3.